The van der Waals surface area contributed by atoms with Crippen molar-refractivity contribution in [3.8, 4) is 0 Å². The molecule has 0 fully saturated rings. The van der Waals surface area contributed by atoms with Gasteiger partial charge in [-0.05, 0) is 36.9 Å². The van der Waals surface area contributed by atoms with E-state index in [1.807, 2.05) is 42.6 Å². The van der Waals surface area contributed by atoms with Gasteiger partial charge in [0.1, 0.15) is 5.58 Å². The Balaban J connectivity index is 1.54. The average Bonchev–Trinajstić information content (AvgIpc) is 3.22. The second-order valence-corrected chi connectivity index (χ2v) is 6.90. The number of thiophene rings is 1. The summed E-state index contributed by atoms with van der Waals surface area (Å²) in [7, 11) is 0. The minimum Gasteiger partial charge on any atom is -0.464 e. The van der Waals surface area contributed by atoms with Crippen molar-refractivity contribution in [1.29, 1.82) is 0 Å². The van der Waals surface area contributed by atoms with Crippen LogP contribution in [0.3, 0.4) is 0 Å². The molecule has 0 aliphatic heterocycles. The molecule has 0 saturated carbocycles. The highest BCUT2D eigenvalue weighted by Gasteiger charge is 2.19. The highest BCUT2D eigenvalue weighted by atomic mass is 32.1. The molecule has 0 spiro atoms. The second-order valence-electron chi connectivity index (χ2n) is 5.87. The number of aryl methyl sites for hydroxylation is 1. The van der Waals surface area contributed by atoms with Gasteiger partial charge < -0.3 is 14.5 Å². The van der Waals surface area contributed by atoms with E-state index in [9.17, 15) is 9.59 Å². The maximum Gasteiger partial charge on any atom is 0.311 e. The van der Waals surface area contributed by atoms with Crippen LogP contribution in [0.4, 0.5) is 0 Å². The first-order valence-corrected chi connectivity index (χ1v) is 8.87. The molecule has 3 rings (SSSR count). The van der Waals surface area contributed by atoms with Crippen LogP contribution in [0.25, 0.3) is 11.0 Å². The van der Waals surface area contributed by atoms with E-state index >= 15 is 0 Å². The number of hydrogen-bond donors (Lipinski definition) is 1. The smallest absolute Gasteiger partial charge is 0.311 e. The SMILES string of the molecule is Cc1ccc2c(CC(=O)O[C@H](C)C(=O)NCc3cccs3)coc2c1. The summed E-state index contributed by atoms with van der Waals surface area (Å²) in [4.78, 5) is 25.2. The van der Waals surface area contributed by atoms with Crippen molar-refractivity contribution in [3.63, 3.8) is 0 Å². The van der Waals surface area contributed by atoms with Gasteiger partial charge in [0.05, 0.1) is 19.2 Å². The summed E-state index contributed by atoms with van der Waals surface area (Å²) in [5, 5.41) is 5.59. The van der Waals surface area contributed by atoms with E-state index in [4.69, 9.17) is 9.15 Å². The third-order valence-corrected chi connectivity index (χ3v) is 4.72. The third kappa shape index (κ3) is 4.28. The number of esters is 1. The summed E-state index contributed by atoms with van der Waals surface area (Å²) < 4.78 is 10.7. The largest absolute Gasteiger partial charge is 0.464 e. The van der Waals surface area contributed by atoms with E-state index in [0.29, 0.717) is 6.54 Å². The molecule has 1 amide bonds. The zero-order chi connectivity index (χ0) is 17.8. The van der Waals surface area contributed by atoms with Crippen LogP contribution in [-0.4, -0.2) is 18.0 Å². The second kappa shape index (κ2) is 7.53. The van der Waals surface area contributed by atoms with Crippen LogP contribution in [0.15, 0.2) is 46.4 Å². The number of ether oxygens (including phenoxy) is 1. The van der Waals surface area contributed by atoms with E-state index in [0.717, 1.165) is 27.0 Å². The fraction of sp³-hybridized carbons (Fsp3) is 0.263. The number of furan rings is 1. The number of carbonyl (C=O) groups excluding carboxylic acids is 2. The number of carbonyl (C=O) groups is 2. The van der Waals surface area contributed by atoms with Gasteiger partial charge in [-0.3, -0.25) is 9.59 Å². The fourth-order valence-electron chi connectivity index (χ4n) is 2.51. The molecule has 6 heteroatoms. The Kier molecular flexibility index (Phi) is 5.19. The van der Waals surface area contributed by atoms with Crippen molar-refractivity contribution in [3.05, 3.63) is 58.0 Å². The monoisotopic (exact) mass is 357 g/mol. The predicted molar refractivity (Wildman–Crippen MR) is 96.4 cm³/mol. The first kappa shape index (κ1) is 17.2. The Labute approximate surface area is 149 Å². The topological polar surface area (TPSA) is 68.5 Å². The summed E-state index contributed by atoms with van der Waals surface area (Å²) >= 11 is 1.56. The Bertz CT molecular complexity index is 882. The van der Waals surface area contributed by atoms with Crippen molar-refractivity contribution < 1.29 is 18.7 Å². The highest BCUT2D eigenvalue weighted by Crippen LogP contribution is 2.23. The van der Waals surface area contributed by atoms with Gasteiger partial charge in [-0.15, -0.1) is 11.3 Å². The fourth-order valence-corrected chi connectivity index (χ4v) is 3.15. The molecule has 0 bridgehead atoms. The molecule has 25 heavy (non-hydrogen) atoms. The van der Waals surface area contributed by atoms with E-state index in [1.54, 1.807) is 24.5 Å². The Morgan fingerprint density at radius 3 is 2.92 bits per heavy atom. The quantitative estimate of drug-likeness (QED) is 0.685. The van der Waals surface area contributed by atoms with Gasteiger partial charge in [-0.2, -0.15) is 0 Å². The Hall–Kier alpha value is -2.60. The molecule has 0 radical (unpaired) electrons. The highest BCUT2D eigenvalue weighted by molar-refractivity contribution is 7.09. The molecule has 1 N–H and O–H groups in total. The van der Waals surface area contributed by atoms with E-state index in [-0.39, 0.29) is 12.3 Å². The lowest BCUT2D eigenvalue weighted by molar-refractivity contribution is -0.154. The maximum atomic E-state index is 12.1. The van der Waals surface area contributed by atoms with Gasteiger partial charge in [0.15, 0.2) is 6.10 Å². The average molecular weight is 357 g/mol. The van der Waals surface area contributed by atoms with Crippen molar-refractivity contribution in [2.45, 2.75) is 32.9 Å². The first-order chi connectivity index (χ1) is 12.0. The predicted octanol–water partition coefficient (Wildman–Crippen LogP) is 3.59. The van der Waals surface area contributed by atoms with Crippen molar-refractivity contribution >= 4 is 34.2 Å². The molecule has 2 heterocycles. The van der Waals surface area contributed by atoms with Crippen LogP contribution in [0.1, 0.15) is 22.9 Å². The van der Waals surface area contributed by atoms with Crippen LogP contribution in [0.2, 0.25) is 0 Å². The van der Waals surface area contributed by atoms with Crippen LogP contribution in [0.5, 0.6) is 0 Å². The van der Waals surface area contributed by atoms with Crippen LogP contribution >= 0.6 is 11.3 Å². The van der Waals surface area contributed by atoms with Gasteiger partial charge in [0.2, 0.25) is 0 Å². The van der Waals surface area contributed by atoms with E-state index < -0.39 is 12.1 Å². The normalized spacial score (nSPS) is 12.1. The summed E-state index contributed by atoms with van der Waals surface area (Å²) in [5.74, 6) is -0.767. The zero-order valence-corrected chi connectivity index (χ0v) is 14.9. The minimum atomic E-state index is -0.840. The summed E-state index contributed by atoms with van der Waals surface area (Å²) in [6.07, 6.45) is 0.791. The number of amides is 1. The molecule has 5 nitrogen and oxygen atoms in total. The number of nitrogens with one attached hydrogen (secondary N) is 1. The van der Waals surface area contributed by atoms with Gasteiger partial charge in [0.25, 0.3) is 5.91 Å². The van der Waals surface area contributed by atoms with Crippen LogP contribution in [0, 0.1) is 6.92 Å². The van der Waals surface area contributed by atoms with E-state index in [1.165, 1.54) is 0 Å². The van der Waals surface area contributed by atoms with Crippen molar-refractivity contribution in [1.82, 2.24) is 5.32 Å². The Morgan fingerprint density at radius 2 is 2.16 bits per heavy atom. The van der Waals surface area contributed by atoms with Crippen LogP contribution in [-0.2, 0) is 27.3 Å². The van der Waals surface area contributed by atoms with Gasteiger partial charge in [-0.25, -0.2) is 0 Å². The molecule has 0 saturated heterocycles. The summed E-state index contributed by atoms with van der Waals surface area (Å²) in [6, 6.07) is 9.67. The summed E-state index contributed by atoms with van der Waals surface area (Å²) in [6.45, 7) is 3.98. The number of benzene rings is 1. The standard InChI is InChI=1S/C19H19NO4S/c1-12-5-6-16-14(11-23-17(16)8-12)9-18(21)24-13(2)19(22)20-10-15-4-3-7-25-15/h3-8,11,13H,9-10H2,1-2H3,(H,20,22)/t13-/m1/s1. The molecule has 3 aromatic rings. The molecule has 0 aliphatic rings. The van der Waals surface area contributed by atoms with Gasteiger partial charge in [-0.1, -0.05) is 18.2 Å². The zero-order valence-electron chi connectivity index (χ0n) is 14.1. The lowest BCUT2D eigenvalue weighted by atomic mass is 10.1. The van der Waals surface area contributed by atoms with Crippen molar-refractivity contribution in [2.24, 2.45) is 0 Å². The molecule has 1 aromatic carbocycles. The molecular formula is C19H19NO4S. The van der Waals surface area contributed by atoms with Gasteiger partial charge >= 0.3 is 5.97 Å². The number of hydrogen-bond acceptors (Lipinski definition) is 5. The molecule has 0 aliphatic carbocycles. The van der Waals surface area contributed by atoms with Crippen molar-refractivity contribution in [2.75, 3.05) is 0 Å². The first-order valence-electron chi connectivity index (χ1n) is 7.99. The van der Waals surface area contributed by atoms with Crippen LogP contribution < -0.4 is 5.32 Å². The van der Waals surface area contributed by atoms with Gasteiger partial charge in [0, 0.05) is 15.8 Å². The lowest BCUT2D eigenvalue weighted by Gasteiger charge is -2.13. The molecule has 130 valence electrons. The van der Waals surface area contributed by atoms with E-state index in [2.05, 4.69) is 5.32 Å². The molecule has 2 aromatic heterocycles. The molecular weight excluding hydrogens is 338 g/mol. The number of fused-ring (bicyclic) bond motifs is 1. The number of rotatable bonds is 6. The molecule has 0 unspecified atom stereocenters. The summed E-state index contributed by atoms with van der Waals surface area (Å²) in [5.41, 5.74) is 2.59. The molecule has 1 atom stereocenters. The Morgan fingerprint density at radius 1 is 1.32 bits per heavy atom. The maximum absolute atomic E-state index is 12.1. The lowest BCUT2D eigenvalue weighted by Crippen LogP contribution is -2.35. The minimum absolute atomic E-state index is 0.0681. The third-order valence-electron chi connectivity index (χ3n) is 3.84.